The largest absolute Gasteiger partial charge is 0.386 e. The molecule has 4 bridgehead atoms. The summed E-state index contributed by atoms with van der Waals surface area (Å²) < 4.78 is 5.31. The van der Waals surface area contributed by atoms with Crippen LogP contribution >= 0.6 is 0 Å². The molecule has 4 aliphatic rings. The molecule has 0 spiro atoms. The summed E-state index contributed by atoms with van der Waals surface area (Å²) in [5.41, 5.74) is -0.537. The number of aliphatic hydroxyl groups is 1. The SMILES string of the molecule is COC[C@@]1(O)C2C[NH+]3CC[NH+](C2)CC1(C)C3. The molecular formula is C12H24N2O2+2. The molecule has 0 aromatic heterocycles. The van der Waals surface area contributed by atoms with Gasteiger partial charge in [0, 0.05) is 7.11 Å². The van der Waals surface area contributed by atoms with E-state index in [9.17, 15) is 5.11 Å². The molecule has 92 valence electrons. The van der Waals surface area contributed by atoms with Crippen molar-refractivity contribution in [2.75, 3.05) is 53.0 Å². The van der Waals surface area contributed by atoms with E-state index in [0.29, 0.717) is 12.5 Å². The first-order chi connectivity index (χ1) is 7.57. The summed E-state index contributed by atoms with van der Waals surface area (Å²) in [5.74, 6) is 0.424. The Balaban J connectivity index is 1.97. The topological polar surface area (TPSA) is 38.3 Å². The third kappa shape index (κ3) is 1.30. The Morgan fingerprint density at radius 2 is 1.81 bits per heavy atom. The lowest BCUT2D eigenvalue weighted by molar-refractivity contribution is -0.918. The maximum atomic E-state index is 11.0. The van der Waals surface area contributed by atoms with Crippen molar-refractivity contribution in [2.24, 2.45) is 11.3 Å². The van der Waals surface area contributed by atoms with Crippen LogP contribution in [0, 0.1) is 11.3 Å². The Labute approximate surface area is 97.2 Å². The van der Waals surface area contributed by atoms with Gasteiger partial charge in [-0.2, -0.15) is 0 Å². The number of fused-ring (bicyclic) bond motifs is 1. The molecular weight excluding hydrogens is 204 g/mol. The Bertz CT molecular complexity index is 281. The summed E-state index contributed by atoms with van der Waals surface area (Å²) in [4.78, 5) is 3.39. The van der Waals surface area contributed by atoms with Crippen molar-refractivity contribution in [2.45, 2.75) is 12.5 Å². The zero-order valence-electron chi connectivity index (χ0n) is 10.4. The molecule has 2 unspecified atom stereocenters. The fourth-order valence-electron chi connectivity index (χ4n) is 4.46. The summed E-state index contributed by atoms with van der Waals surface area (Å²) in [6, 6.07) is 0. The van der Waals surface area contributed by atoms with E-state index < -0.39 is 5.60 Å². The lowest BCUT2D eigenvalue weighted by Crippen LogP contribution is -3.18. The molecule has 0 saturated carbocycles. The smallest absolute Gasteiger partial charge is 0.127 e. The third-order valence-electron chi connectivity index (χ3n) is 5.27. The zero-order valence-corrected chi connectivity index (χ0v) is 10.4. The lowest BCUT2D eigenvalue weighted by atomic mass is 9.61. The van der Waals surface area contributed by atoms with E-state index in [1.54, 1.807) is 16.9 Å². The fourth-order valence-corrected chi connectivity index (χ4v) is 4.46. The molecule has 0 aromatic rings. The molecule has 4 saturated heterocycles. The van der Waals surface area contributed by atoms with Gasteiger partial charge in [-0.25, -0.2) is 0 Å². The van der Waals surface area contributed by atoms with Gasteiger partial charge >= 0.3 is 0 Å². The zero-order chi connectivity index (χ0) is 11.4. The maximum absolute atomic E-state index is 11.0. The number of nitrogens with one attached hydrogen (secondary N) is 2. The van der Waals surface area contributed by atoms with Gasteiger partial charge in [-0.3, -0.25) is 0 Å². The monoisotopic (exact) mass is 228 g/mol. The summed E-state index contributed by atoms with van der Waals surface area (Å²) in [7, 11) is 1.71. The lowest BCUT2D eigenvalue weighted by Gasteiger charge is -2.54. The van der Waals surface area contributed by atoms with Crippen LogP contribution in [0.3, 0.4) is 0 Å². The summed E-state index contributed by atoms with van der Waals surface area (Å²) in [6.07, 6.45) is 0. The molecule has 4 fully saturated rings. The van der Waals surface area contributed by atoms with Gasteiger partial charge in [-0.05, 0) is 6.92 Å². The molecule has 4 heterocycles. The number of piperidine rings is 2. The molecule has 4 heteroatoms. The van der Waals surface area contributed by atoms with Crippen LogP contribution in [0.2, 0.25) is 0 Å². The van der Waals surface area contributed by atoms with Gasteiger partial charge in [0.25, 0.3) is 0 Å². The van der Waals surface area contributed by atoms with Crippen molar-refractivity contribution in [1.29, 1.82) is 0 Å². The van der Waals surface area contributed by atoms with Crippen molar-refractivity contribution in [1.82, 2.24) is 0 Å². The number of methoxy groups -OCH3 is 1. The van der Waals surface area contributed by atoms with E-state index in [4.69, 9.17) is 4.74 Å². The second kappa shape index (κ2) is 3.42. The van der Waals surface area contributed by atoms with Gasteiger partial charge in [-0.15, -0.1) is 0 Å². The minimum absolute atomic E-state index is 0.0470. The summed E-state index contributed by atoms with van der Waals surface area (Å²) >= 11 is 0. The predicted molar refractivity (Wildman–Crippen MR) is 59.6 cm³/mol. The highest BCUT2D eigenvalue weighted by atomic mass is 16.5. The predicted octanol–water partition coefficient (Wildman–Crippen LogP) is -3.20. The van der Waals surface area contributed by atoms with E-state index >= 15 is 0 Å². The first-order valence-corrected chi connectivity index (χ1v) is 6.46. The van der Waals surface area contributed by atoms with Crippen LogP contribution in [0.1, 0.15) is 6.92 Å². The molecule has 0 aliphatic carbocycles. The van der Waals surface area contributed by atoms with E-state index in [2.05, 4.69) is 6.92 Å². The number of hydrogen-bond acceptors (Lipinski definition) is 2. The third-order valence-corrected chi connectivity index (χ3v) is 5.27. The van der Waals surface area contributed by atoms with Crippen molar-refractivity contribution < 1.29 is 19.6 Å². The van der Waals surface area contributed by atoms with Crippen LogP contribution in [-0.2, 0) is 4.74 Å². The Morgan fingerprint density at radius 3 is 2.25 bits per heavy atom. The van der Waals surface area contributed by atoms with Gasteiger partial charge in [0.15, 0.2) is 0 Å². The number of ether oxygens (including phenoxy) is 1. The van der Waals surface area contributed by atoms with Crippen LogP contribution in [0.4, 0.5) is 0 Å². The normalized spacial score (nSPS) is 55.3. The minimum Gasteiger partial charge on any atom is -0.386 e. The van der Waals surface area contributed by atoms with Gasteiger partial charge in [0.05, 0.1) is 44.1 Å². The van der Waals surface area contributed by atoms with Gasteiger partial charge < -0.3 is 19.6 Å². The highest BCUT2D eigenvalue weighted by molar-refractivity contribution is 5.04. The average Bonchev–Trinajstić information content (AvgIpc) is 2.44. The standard InChI is InChI=1S/C12H22N2O2/c1-11-7-13-3-4-14(8-11)6-10(5-13)12(11,15)9-16-2/h10,15H,3-9H2,1-2H3/p+2/t10?,11?,12-/m1/s1. The Morgan fingerprint density at radius 1 is 1.25 bits per heavy atom. The molecule has 4 aliphatic heterocycles. The number of hydrogen-bond donors (Lipinski definition) is 3. The maximum Gasteiger partial charge on any atom is 0.127 e. The van der Waals surface area contributed by atoms with E-state index in [1.807, 2.05) is 0 Å². The minimum atomic E-state index is -0.584. The number of quaternary nitrogens is 2. The second-order valence-electron chi connectivity index (χ2n) is 6.38. The summed E-state index contributed by atoms with van der Waals surface area (Å²) in [5, 5.41) is 11.0. The van der Waals surface area contributed by atoms with Gasteiger partial charge in [0.1, 0.15) is 18.7 Å². The van der Waals surface area contributed by atoms with Crippen LogP contribution in [0.25, 0.3) is 0 Å². The van der Waals surface area contributed by atoms with E-state index in [0.717, 1.165) is 26.2 Å². The first-order valence-electron chi connectivity index (χ1n) is 6.46. The van der Waals surface area contributed by atoms with Crippen molar-refractivity contribution in [3.8, 4) is 0 Å². The molecule has 3 atom stereocenters. The molecule has 4 rings (SSSR count). The van der Waals surface area contributed by atoms with Gasteiger partial charge in [0.2, 0.25) is 0 Å². The van der Waals surface area contributed by atoms with Crippen molar-refractivity contribution in [3.05, 3.63) is 0 Å². The van der Waals surface area contributed by atoms with E-state index in [-0.39, 0.29) is 5.41 Å². The molecule has 4 nitrogen and oxygen atoms in total. The average molecular weight is 228 g/mol. The quantitative estimate of drug-likeness (QED) is 0.466. The molecule has 0 radical (unpaired) electrons. The molecule has 0 amide bonds. The van der Waals surface area contributed by atoms with Crippen LogP contribution < -0.4 is 9.80 Å². The molecule has 3 N–H and O–H groups in total. The van der Waals surface area contributed by atoms with Crippen LogP contribution in [0.5, 0.6) is 0 Å². The van der Waals surface area contributed by atoms with Crippen molar-refractivity contribution in [3.63, 3.8) is 0 Å². The Kier molecular flexibility index (Phi) is 2.34. The number of rotatable bonds is 2. The summed E-state index contributed by atoms with van der Waals surface area (Å²) in [6.45, 7) is 9.85. The van der Waals surface area contributed by atoms with Gasteiger partial charge in [-0.1, -0.05) is 0 Å². The van der Waals surface area contributed by atoms with Crippen molar-refractivity contribution >= 4 is 0 Å². The highest BCUT2D eigenvalue weighted by Crippen LogP contribution is 2.39. The molecule has 16 heavy (non-hydrogen) atoms. The first kappa shape index (κ1) is 11.0. The van der Waals surface area contributed by atoms with Crippen LogP contribution in [-0.4, -0.2) is 63.7 Å². The van der Waals surface area contributed by atoms with Crippen LogP contribution in [0.15, 0.2) is 0 Å². The second-order valence-corrected chi connectivity index (χ2v) is 6.38. The highest BCUT2D eigenvalue weighted by Gasteiger charge is 2.65. The molecule has 0 aromatic carbocycles. The Hall–Kier alpha value is -0.160. The fraction of sp³-hybridized carbons (Fsp3) is 1.00. The van der Waals surface area contributed by atoms with E-state index in [1.165, 1.54) is 13.1 Å².